The molecule has 0 amide bonds. The Morgan fingerprint density at radius 3 is 1.73 bits per heavy atom. The standard InChI is InChI=1S/C12H18BNO3.C6H6BrNO/c1-11(2)12(3,4)17-13(16-11)9-6-7-10(15)14(5)8-9;1-8-4-5(7)2-3-6(8)9/h6-8H,1-5H3;2-4H,1H3. The Bertz CT molecular complexity index is 889. The smallest absolute Gasteiger partial charge is 0.399 e. The number of pyridine rings is 2. The lowest BCUT2D eigenvalue weighted by Crippen LogP contribution is -2.41. The van der Waals surface area contributed by atoms with E-state index in [-0.39, 0.29) is 22.3 Å². The molecule has 3 heterocycles. The molecule has 3 rings (SSSR count). The van der Waals surface area contributed by atoms with Crippen LogP contribution in [0.25, 0.3) is 0 Å². The normalized spacial score (nSPS) is 17.6. The molecule has 6 nitrogen and oxygen atoms in total. The summed E-state index contributed by atoms with van der Waals surface area (Å²) in [4.78, 5) is 22.0. The Morgan fingerprint density at radius 2 is 1.31 bits per heavy atom. The number of aryl methyl sites for hydroxylation is 2. The van der Waals surface area contributed by atoms with Crippen LogP contribution in [0.2, 0.25) is 0 Å². The number of halogens is 1. The average Bonchev–Trinajstić information content (AvgIpc) is 2.75. The van der Waals surface area contributed by atoms with E-state index in [1.165, 1.54) is 21.3 Å². The van der Waals surface area contributed by atoms with E-state index >= 15 is 0 Å². The van der Waals surface area contributed by atoms with Crippen molar-refractivity contribution in [3.8, 4) is 0 Å². The molecule has 2 aromatic rings. The maximum Gasteiger partial charge on any atom is 0.496 e. The van der Waals surface area contributed by atoms with Crippen molar-refractivity contribution >= 4 is 28.5 Å². The van der Waals surface area contributed by atoms with E-state index in [1.807, 2.05) is 27.7 Å². The second kappa shape index (κ2) is 7.54. The van der Waals surface area contributed by atoms with Crippen molar-refractivity contribution in [3.63, 3.8) is 0 Å². The molecule has 0 radical (unpaired) electrons. The molecule has 2 aromatic heterocycles. The summed E-state index contributed by atoms with van der Waals surface area (Å²) in [6.45, 7) is 8.04. The molecule has 8 heteroatoms. The van der Waals surface area contributed by atoms with Gasteiger partial charge in [-0.2, -0.15) is 0 Å². The van der Waals surface area contributed by atoms with Gasteiger partial charge >= 0.3 is 7.12 Å². The average molecular weight is 423 g/mol. The fourth-order valence-corrected chi connectivity index (χ4v) is 2.73. The highest BCUT2D eigenvalue weighted by Gasteiger charge is 2.51. The minimum Gasteiger partial charge on any atom is -0.399 e. The third-order valence-electron chi connectivity index (χ3n) is 4.68. The van der Waals surface area contributed by atoms with Gasteiger partial charge < -0.3 is 18.4 Å². The van der Waals surface area contributed by atoms with Crippen LogP contribution in [0, 0.1) is 0 Å². The van der Waals surface area contributed by atoms with Crippen LogP contribution in [-0.4, -0.2) is 27.5 Å². The molecule has 1 saturated heterocycles. The lowest BCUT2D eigenvalue weighted by Gasteiger charge is -2.32. The molecular weight excluding hydrogens is 399 g/mol. The number of rotatable bonds is 1. The quantitative estimate of drug-likeness (QED) is 0.657. The molecule has 0 atom stereocenters. The maximum atomic E-state index is 11.3. The van der Waals surface area contributed by atoms with Gasteiger partial charge in [-0.05, 0) is 55.2 Å². The van der Waals surface area contributed by atoms with Gasteiger partial charge in [-0.15, -0.1) is 0 Å². The van der Waals surface area contributed by atoms with Crippen LogP contribution in [0.3, 0.4) is 0 Å². The van der Waals surface area contributed by atoms with Crippen molar-refractivity contribution in [1.82, 2.24) is 9.13 Å². The first-order valence-electron chi connectivity index (χ1n) is 8.27. The highest BCUT2D eigenvalue weighted by atomic mass is 79.9. The molecule has 1 aliphatic rings. The predicted octanol–water partition coefficient (Wildman–Crippen LogP) is 1.83. The van der Waals surface area contributed by atoms with Crippen LogP contribution < -0.4 is 16.6 Å². The fraction of sp³-hybridized carbons (Fsp3) is 0.444. The van der Waals surface area contributed by atoms with Crippen LogP contribution in [0.1, 0.15) is 27.7 Å². The number of hydrogen-bond acceptors (Lipinski definition) is 4. The van der Waals surface area contributed by atoms with Gasteiger partial charge in [0, 0.05) is 43.1 Å². The van der Waals surface area contributed by atoms with Gasteiger partial charge in [0.15, 0.2) is 0 Å². The number of aromatic nitrogens is 2. The number of nitrogens with zero attached hydrogens (tertiary/aromatic N) is 2. The Morgan fingerprint density at radius 1 is 0.846 bits per heavy atom. The van der Waals surface area contributed by atoms with Crippen LogP contribution in [0.4, 0.5) is 0 Å². The lowest BCUT2D eigenvalue weighted by molar-refractivity contribution is 0.00578. The first-order chi connectivity index (χ1) is 11.9. The second-order valence-corrected chi connectivity index (χ2v) is 8.21. The predicted molar refractivity (Wildman–Crippen MR) is 107 cm³/mol. The minimum atomic E-state index is -0.410. The SMILES string of the molecule is Cn1cc(B2OC(C)(C)C(C)(C)O2)ccc1=O.Cn1cc(Br)ccc1=O. The maximum absolute atomic E-state index is 11.3. The molecule has 0 bridgehead atoms. The summed E-state index contributed by atoms with van der Waals surface area (Å²) >= 11 is 3.24. The molecule has 140 valence electrons. The summed E-state index contributed by atoms with van der Waals surface area (Å²) in [6, 6.07) is 6.53. The van der Waals surface area contributed by atoms with E-state index in [0.717, 1.165) is 9.94 Å². The summed E-state index contributed by atoms with van der Waals surface area (Å²) in [5, 5.41) is 0. The summed E-state index contributed by atoms with van der Waals surface area (Å²) < 4.78 is 15.8. The van der Waals surface area contributed by atoms with Crippen LogP contribution in [-0.2, 0) is 23.4 Å². The van der Waals surface area contributed by atoms with Crippen molar-refractivity contribution in [3.05, 3.63) is 61.8 Å². The van der Waals surface area contributed by atoms with Gasteiger partial charge in [-0.1, -0.05) is 6.07 Å². The highest BCUT2D eigenvalue weighted by molar-refractivity contribution is 9.10. The first-order valence-corrected chi connectivity index (χ1v) is 9.07. The molecule has 1 aliphatic heterocycles. The third-order valence-corrected chi connectivity index (χ3v) is 5.15. The summed E-state index contributed by atoms with van der Waals surface area (Å²) in [5.41, 5.74) is 0.132. The zero-order valence-electron chi connectivity index (χ0n) is 15.9. The molecular formula is C18H24BBrN2O4. The Hall–Kier alpha value is -1.64. The van der Waals surface area contributed by atoms with Crippen molar-refractivity contribution in [2.45, 2.75) is 38.9 Å². The lowest BCUT2D eigenvalue weighted by atomic mass is 9.80. The van der Waals surface area contributed by atoms with Crippen molar-refractivity contribution < 1.29 is 9.31 Å². The zero-order chi connectivity index (χ0) is 19.7. The van der Waals surface area contributed by atoms with Gasteiger partial charge in [0.1, 0.15) is 0 Å². The van der Waals surface area contributed by atoms with Crippen molar-refractivity contribution in [2.24, 2.45) is 14.1 Å². The highest BCUT2D eigenvalue weighted by Crippen LogP contribution is 2.36. The van der Waals surface area contributed by atoms with Crippen molar-refractivity contribution in [1.29, 1.82) is 0 Å². The van der Waals surface area contributed by atoms with Crippen LogP contribution in [0.5, 0.6) is 0 Å². The molecule has 1 fully saturated rings. The molecule has 0 saturated carbocycles. The Labute approximate surface area is 162 Å². The van der Waals surface area contributed by atoms with Gasteiger partial charge in [-0.25, -0.2) is 0 Å². The third kappa shape index (κ3) is 4.55. The van der Waals surface area contributed by atoms with E-state index < -0.39 is 7.12 Å². The summed E-state index contributed by atoms with van der Waals surface area (Å²) in [6.07, 6.45) is 3.48. The summed E-state index contributed by atoms with van der Waals surface area (Å²) in [7, 11) is 3.02. The van der Waals surface area contributed by atoms with E-state index in [2.05, 4.69) is 15.9 Å². The van der Waals surface area contributed by atoms with Crippen LogP contribution in [0.15, 0.2) is 50.7 Å². The van der Waals surface area contributed by atoms with Gasteiger partial charge in [0.25, 0.3) is 0 Å². The first kappa shape index (κ1) is 20.7. The number of hydrogen-bond donors (Lipinski definition) is 0. The van der Waals surface area contributed by atoms with Crippen molar-refractivity contribution in [2.75, 3.05) is 0 Å². The summed E-state index contributed by atoms with van der Waals surface area (Å²) in [5.74, 6) is 0. The molecule has 0 spiro atoms. The van der Waals surface area contributed by atoms with Crippen LogP contribution >= 0.6 is 15.9 Å². The molecule has 0 aliphatic carbocycles. The molecule has 26 heavy (non-hydrogen) atoms. The largest absolute Gasteiger partial charge is 0.496 e. The Balaban J connectivity index is 0.000000228. The van der Waals surface area contributed by atoms with Gasteiger partial charge in [0.2, 0.25) is 11.1 Å². The van der Waals surface area contributed by atoms with E-state index in [9.17, 15) is 9.59 Å². The Kier molecular flexibility index (Phi) is 6.00. The second-order valence-electron chi connectivity index (χ2n) is 7.30. The van der Waals surface area contributed by atoms with Gasteiger partial charge in [0.05, 0.1) is 11.2 Å². The van der Waals surface area contributed by atoms with Gasteiger partial charge in [-0.3, -0.25) is 9.59 Å². The van der Waals surface area contributed by atoms with E-state index in [1.54, 1.807) is 38.6 Å². The zero-order valence-corrected chi connectivity index (χ0v) is 17.5. The molecule has 0 N–H and O–H groups in total. The van der Waals surface area contributed by atoms with E-state index in [0.29, 0.717) is 0 Å². The topological polar surface area (TPSA) is 62.5 Å². The van der Waals surface area contributed by atoms with E-state index in [4.69, 9.17) is 9.31 Å². The minimum absolute atomic E-state index is 0.0122. The molecule has 0 aromatic carbocycles. The fourth-order valence-electron chi connectivity index (χ4n) is 2.29. The monoisotopic (exact) mass is 422 g/mol. The molecule has 0 unspecified atom stereocenters.